The largest absolute Gasteiger partial charge is 0.312 e. The number of hydrogen-bond acceptors (Lipinski definition) is 4. The third kappa shape index (κ3) is 3.51. The van der Waals surface area contributed by atoms with Gasteiger partial charge >= 0.3 is 0 Å². The van der Waals surface area contributed by atoms with E-state index in [0.29, 0.717) is 4.90 Å². The molecule has 4 nitrogen and oxygen atoms in total. The minimum Gasteiger partial charge on any atom is -0.312 e. The number of sulfonamides is 1. The van der Waals surface area contributed by atoms with Crippen LogP contribution in [0.25, 0.3) is 0 Å². The molecule has 0 spiro atoms. The van der Waals surface area contributed by atoms with E-state index in [1.807, 2.05) is 6.92 Å². The fourth-order valence-corrected chi connectivity index (χ4v) is 3.92. The van der Waals surface area contributed by atoms with Crippen LogP contribution in [0, 0.1) is 6.92 Å². The SMILES string of the molecule is CCCNCc1cc(S(=O)(=O)N(C)C)c(C)s1. The van der Waals surface area contributed by atoms with Crippen LogP contribution in [-0.4, -0.2) is 33.4 Å². The molecule has 0 aliphatic rings. The van der Waals surface area contributed by atoms with Crippen LogP contribution >= 0.6 is 11.3 Å². The van der Waals surface area contributed by atoms with E-state index in [0.717, 1.165) is 29.3 Å². The Morgan fingerprint density at radius 1 is 1.41 bits per heavy atom. The predicted octanol–water partition coefficient (Wildman–Crippen LogP) is 1.81. The maximum Gasteiger partial charge on any atom is 0.243 e. The van der Waals surface area contributed by atoms with Crippen LogP contribution < -0.4 is 5.32 Å². The number of nitrogens with zero attached hydrogens (tertiary/aromatic N) is 1. The Morgan fingerprint density at radius 3 is 2.59 bits per heavy atom. The monoisotopic (exact) mass is 276 g/mol. The molecule has 0 aliphatic heterocycles. The second-order valence-electron chi connectivity index (χ2n) is 4.10. The normalized spacial score (nSPS) is 12.3. The first-order valence-corrected chi connectivity index (χ1v) is 7.87. The highest BCUT2D eigenvalue weighted by Crippen LogP contribution is 2.27. The lowest BCUT2D eigenvalue weighted by Gasteiger charge is -2.10. The fraction of sp³-hybridized carbons (Fsp3) is 0.636. The lowest BCUT2D eigenvalue weighted by Crippen LogP contribution is -2.22. The summed E-state index contributed by atoms with van der Waals surface area (Å²) in [7, 11) is -0.187. The van der Waals surface area contributed by atoms with Gasteiger partial charge in [-0.05, 0) is 26.0 Å². The van der Waals surface area contributed by atoms with E-state index in [2.05, 4.69) is 12.2 Å². The van der Waals surface area contributed by atoms with Gasteiger partial charge in [0, 0.05) is 30.4 Å². The highest BCUT2D eigenvalue weighted by molar-refractivity contribution is 7.89. The summed E-state index contributed by atoms with van der Waals surface area (Å²) in [6, 6.07) is 1.78. The van der Waals surface area contributed by atoms with Crippen molar-refractivity contribution >= 4 is 21.4 Å². The van der Waals surface area contributed by atoms with Crippen LogP contribution in [0.3, 0.4) is 0 Å². The van der Waals surface area contributed by atoms with Gasteiger partial charge in [-0.1, -0.05) is 6.92 Å². The van der Waals surface area contributed by atoms with Gasteiger partial charge in [-0.25, -0.2) is 12.7 Å². The quantitative estimate of drug-likeness (QED) is 0.806. The van der Waals surface area contributed by atoms with Gasteiger partial charge in [0.1, 0.15) is 0 Å². The smallest absolute Gasteiger partial charge is 0.243 e. The molecule has 0 aliphatic carbocycles. The summed E-state index contributed by atoms with van der Waals surface area (Å²) >= 11 is 1.54. The van der Waals surface area contributed by atoms with Gasteiger partial charge in [-0.3, -0.25) is 0 Å². The summed E-state index contributed by atoms with van der Waals surface area (Å²) in [5, 5.41) is 3.27. The molecule has 98 valence electrons. The number of nitrogens with one attached hydrogen (secondary N) is 1. The maximum atomic E-state index is 12.0. The maximum absolute atomic E-state index is 12.0. The number of thiophene rings is 1. The van der Waals surface area contributed by atoms with E-state index in [4.69, 9.17) is 0 Å². The van der Waals surface area contributed by atoms with Crippen molar-refractivity contribution in [2.45, 2.75) is 31.7 Å². The summed E-state index contributed by atoms with van der Waals surface area (Å²) in [5.41, 5.74) is 0. The molecule has 1 heterocycles. The van der Waals surface area contributed by atoms with Gasteiger partial charge in [0.15, 0.2) is 0 Å². The van der Waals surface area contributed by atoms with Crippen LogP contribution in [0.4, 0.5) is 0 Å². The molecule has 1 aromatic rings. The lowest BCUT2D eigenvalue weighted by atomic mass is 10.4. The van der Waals surface area contributed by atoms with Crippen LogP contribution in [0.1, 0.15) is 23.1 Å². The van der Waals surface area contributed by atoms with Gasteiger partial charge in [0.05, 0.1) is 4.90 Å². The Morgan fingerprint density at radius 2 is 2.06 bits per heavy atom. The Hall–Kier alpha value is -0.430. The van der Waals surface area contributed by atoms with Crippen molar-refractivity contribution in [3.8, 4) is 0 Å². The molecule has 0 radical (unpaired) electrons. The van der Waals surface area contributed by atoms with Crippen LogP contribution in [-0.2, 0) is 16.6 Å². The number of aryl methyl sites for hydroxylation is 1. The number of hydrogen-bond donors (Lipinski definition) is 1. The molecule has 0 atom stereocenters. The molecule has 0 amide bonds. The molecule has 17 heavy (non-hydrogen) atoms. The third-order valence-electron chi connectivity index (χ3n) is 2.41. The number of rotatable bonds is 6. The van der Waals surface area contributed by atoms with Crippen molar-refractivity contribution in [1.82, 2.24) is 9.62 Å². The molecule has 1 N–H and O–H groups in total. The van der Waals surface area contributed by atoms with E-state index < -0.39 is 10.0 Å². The summed E-state index contributed by atoms with van der Waals surface area (Å²) in [6.45, 7) is 5.65. The first-order chi connectivity index (χ1) is 7.89. The van der Waals surface area contributed by atoms with Gasteiger partial charge in [-0.15, -0.1) is 11.3 Å². The van der Waals surface area contributed by atoms with Crippen molar-refractivity contribution in [2.75, 3.05) is 20.6 Å². The van der Waals surface area contributed by atoms with E-state index in [-0.39, 0.29) is 0 Å². The third-order valence-corrected chi connectivity index (χ3v) is 5.53. The summed E-state index contributed by atoms with van der Waals surface area (Å²) in [6.07, 6.45) is 1.08. The van der Waals surface area contributed by atoms with Crippen molar-refractivity contribution in [1.29, 1.82) is 0 Å². The van der Waals surface area contributed by atoms with Crippen molar-refractivity contribution < 1.29 is 8.42 Å². The molecule has 6 heteroatoms. The van der Waals surface area contributed by atoms with Crippen LogP contribution in [0.5, 0.6) is 0 Å². The zero-order valence-corrected chi connectivity index (χ0v) is 12.4. The highest BCUT2D eigenvalue weighted by Gasteiger charge is 2.21. The summed E-state index contributed by atoms with van der Waals surface area (Å²) < 4.78 is 25.3. The van der Waals surface area contributed by atoms with Gasteiger partial charge < -0.3 is 5.32 Å². The van der Waals surface area contributed by atoms with Crippen molar-refractivity contribution in [2.24, 2.45) is 0 Å². The Labute approximate surface area is 108 Å². The topological polar surface area (TPSA) is 49.4 Å². The van der Waals surface area contributed by atoms with E-state index in [1.54, 1.807) is 31.5 Å². The molecule has 1 aromatic heterocycles. The lowest BCUT2D eigenvalue weighted by molar-refractivity contribution is 0.520. The molecular weight excluding hydrogens is 256 g/mol. The van der Waals surface area contributed by atoms with Gasteiger partial charge in [0.25, 0.3) is 0 Å². The summed E-state index contributed by atoms with van der Waals surface area (Å²) in [5.74, 6) is 0. The van der Waals surface area contributed by atoms with E-state index >= 15 is 0 Å². The standard InChI is InChI=1S/C11H20N2O2S2/c1-5-6-12-8-10-7-11(9(2)16-10)17(14,15)13(3)4/h7,12H,5-6,8H2,1-4H3. The van der Waals surface area contributed by atoms with Crippen molar-refractivity contribution in [3.63, 3.8) is 0 Å². The molecule has 0 fully saturated rings. The Bertz CT molecular complexity index is 464. The molecule has 1 rings (SSSR count). The summed E-state index contributed by atoms with van der Waals surface area (Å²) in [4.78, 5) is 2.35. The zero-order valence-electron chi connectivity index (χ0n) is 10.8. The average Bonchev–Trinajstić information content (AvgIpc) is 2.60. The first kappa shape index (κ1) is 14.6. The minimum absolute atomic E-state index is 0.431. The molecule has 0 unspecified atom stereocenters. The van der Waals surface area contributed by atoms with Crippen LogP contribution in [0.2, 0.25) is 0 Å². The Balaban J connectivity index is 2.89. The Kier molecular flexibility index (Phi) is 5.12. The minimum atomic E-state index is -3.30. The molecule has 0 saturated carbocycles. The molecule has 0 saturated heterocycles. The molecule has 0 bridgehead atoms. The van der Waals surface area contributed by atoms with Crippen LogP contribution in [0.15, 0.2) is 11.0 Å². The predicted molar refractivity (Wildman–Crippen MR) is 71.9 cm³/mol. The highest BCUT2D eigenvalue weighted by atomic mass is 32.2. The fourth-order valence-electron chi connectivity index (χ4n) is 1.45. The second kappa shape index (κ2) is 5.95. The van der Waals surface area contributed by atoms with E-state index in [1.165, 1.54) is 4.31 Å². The van der Waals surface area contributed by atoms with Crippen molar-refractivity contribution in [3.05, 3.63) is 15.8 Å². The van der Waals surface area contributed by atoms with E-state index in [9.17, 15) is 8.42 Å². The molecule has 0 aromatic carbocycles. The first-order valence-electron chi connectivity index (χ1n) is 5.62. The second-order valence-corrected chi connectivity index (χ2v) is 7.56. The van der Waals surface area contributed by atoms with Gasteiger partial charge in [-0.2, -0.15) is 0 Å². The molecular formula is C11H20N2O2S2. The van der Waals surface area contributed by atoms with Gasteiger partial charge in [0.2, 0.25) is 10.0 Å². The average molecular weight is 276 g/mol. The zero-order chi connectivity index (χ0) is 13.1.